The van der Waals surface area contributed by atoms with Crippen molar-refractivity contribution in [3.8, 4) is 5.75 Å². The molecule has 1 heteroatoms. The molecule has 1 atom stereocenters. The van der Waals surface area contributed by atoms with Crippen LogP contribution in [0.5, 0.6) is 5.75 Å². The molecule has 0 aliphatic carbocycles. The van der Waals surface area contributed by atoms with Crippen LogP contribution in [0.3, 0.4) is 0 Å². The van der Waals surface area contributed by atoms with E-state index < -0.39 is 0 Å². The Kier molecular flexibility index (Phi) is 4.85. The third-order valence-electron chi connectivity index (χ3n) is 3.31. The van der Waals surface area contributed by atoms with E-state index in [9.17, 15) is 5.11 Å². The number of hydrogen-bond donors (Lipinski definition) is 1. The average molecular weight is 220 g/mol. The topological polar surface area (TPSA) is 20.2 Å². The molecule has 1 nitrogen and oxygen atoms in total. The van der Waals surface area contributed by atoms with Gasteiger partial charge in [-0.15, -0.1) is 0 Å². The lowest BCUT2D eigenvalue weighted by Gasteiger charge is -2.15. The Bertz CT molecular complexity index is 342. The molecule has 16 heavy (non-hydrogen) atoms. The van der Waals surface area contributed by atoms with E-state index in [0.29, 0.717) is 11.7 Å². The van der Waals surface area contributed by atoms with E-state index in [1.165, 1.54) is 12.0 Å². The Morgan fingerprint density at radius 1 is 1.25 bits per heavy atom. The molecular weight excluding hydrogens is 196 g/mol. The summed E-state index contributed by atoms with van der Waals surface area (Å²) in [7, 11) is 0. The van der Waals surface area contributed by atoms with E-state index in [1.807, 2.05) is 0 Å². The van der Waals surface area contributed by atoms with Crippen molar-refractivity contribution in [3.63, 3.8) is 0 Å². The summed E-state index contributed by atoms with van der Waals surface area (Å²) in [5.41, 5.74) is 3.50. The lowest BCUT2D eigenvalue weighted by atomic mass is 9.92. The van der Waals surface area contributed by atoms with Crippen molar-refractivity contribution in [2.75, 3.05) is 0 Å². The van der Waals surface area contributed by atoms with Gasteiger partial charge in [-0.3, -0.25) is 0 Å². The summed E-state index contributed by atoms with van der Waals surface area (Å²) >= 11 is 0. The summed E-state index contributed by atoms with van der Waals surface area (Å²) < 4.78 is 0. The van der Waals surface area contributed by atoms with Gasteiger partial charge in [-0.05, 0) is 43.2 Å². The van der Waals surface area contributed by atoms with Crippen LogP contribution in [0.4, 0.5) is 0 Å². The fourth-order valence-electron chi connectivity index (χ4n) is 2.04. The zero-order valence-corrected chi connectivity index (χ0v) is 11.0. The van der Waals surface area contributed by atoms with Crippen LogP contribution in [0.25, 0.3) is 0 Å². The minimum absolute atomic E-state index is 0.445. The van der Waals surface area contributed by atoms with Crippen LogP contribution in [-0.4, -0.2) is 5.11 Å². The monoisotopic (exact) mass is 220 g/mol. The third-order valence-corrected chi connectivity index (χ3v) is 3.31. The van der Waals surface area contributed by atoms with Gasteiger partial charge < -0.3 is 5.11 Å². The standard InChI is InChI=1S/C15H24O/c1-5-7-8-13-9-11(3)10-14(15(13)16)12(4)6-2/h9-10,12,16H,5-8H2,1-4H3. The normalized spacial score (nSPS) is 12.8. The van der Waals surface area contributed by atoms with Gasteiger partial charge in [0.1, 0.15) is 5.75 Å². The second kappa shape index (κ2) is 5.93. The average Bonchev–Trinajstić information content (AvgIpc) is 2.28. The number of phenolic OH excluding ortho intramolecular Hbond substituents is 1. The van der Waals surface area contributed by atoms with Gasteiger partial charge in [0.2, 0.25) is 0 Å². The van der Waals surface area contributed by atoms with Crippen LogP contribution in [0, 0.1) is 6.92 Å². The molecule has 1 N–H and O–H groups in total. The molecule has 1 rings (SSSR count). The number of aryl methyl sites for hydroxylation is 2. The van der Waals surface area contributed by atoms with Gasteiger partial charge in [-0.2, -0.15) is 0 Å². The largest absolute Gasteiger partial charge is 0.507 e. The number of hydrogen-bond acceptors (Lipinski definition) is 1. The molecule has 1 aromatic rings. The molecule has 0 aliphatic heterocycles. The molecule has 0 bridgehead atoms. The first-order valence-electron chi connectivity index (χ1n) is 6.42. The zero-order valence-electron chi connectivity index (χ0n) is 11.0. The molecule has 0 heterocycles. The number of aromatic hydroxyl groups is 1. The van der Waals surface area contributed by atoms with Crippen molar-refractivity contribution >= 4 is 0 Å². The summed E-state index contributed by atoms with van der Waals surface area (Å²) in [5, 5.41) is 10.2. The van der Waals surface area contributed by atoms with Crippen LogP contribution in [0.2, 0.25) is 0 Å². The first-order chi connectivity index (χ1) is 7.60. The number of unbranched alkanes of at least 4 members (excludes halogenated alkanes) is 1. The van der Waals surface area contributed by atoms with Crippen molar-refractivity contribution < 1.29 is 5.11 Å². The summed E-state index contributed by atoms with van der Waals surface area (Å²) in [6.07, 6.45) is 4.39. The smallest absolute Gasteiger partial charge is 0.122 e. The quantitative estimate of drug-likeness (QED) is 0.771. The molecule has 0 radical (unpaired) electrons. The maximum atomic E-state index is 10.2. The molecule has 1 unspecified atom stereocenters. The Labute approximate surface area is 99.5 Å². The number of phenols is 1. The van der Waals surface area contributed by atoms with Crippen LogP contribution >= 0.6 is 0 Å². The predicted molar refractivity (Wildman–Crippen MR) is 70.2 cm³/mol. The van der Waals surface area contributed by atoms with Gasteiger partial charge in [0, 0.05) is 0 Å². The SMILES string of the molecule is CCCCc1cc(C)cc(C(C)CC)c1O. The summed E-state index contributed by atoms with van der Waals surface area (Å²) in [6, 6.07) is 4.25. The summed E-state index contributed by atoms with van der Waals surface area (Å²) in [6.45, 7) is 8.64. The third kappa shape index (κ3) is 3.01. The molecule has 90 valence electrons. The highest BCUT2D eigenvalue weighted by atomic mass is 16.3. The molecule has 0 saturated carbocycles. The highest BCUT2D eigenvalue weighted by Crippen LogP contribution is 2.33. The fraction of sp³-hybridized carbons (Fsp3) is 0.600. The Morgan fingerprint density at radius 3 is 2.50 bits per heavy atom. The predicted octanol–water partition coefficient (Wildman–Crippen LogP) is 4.56. The first kappa shape index (κ1) is 13.1. The van der Waals surface area contributed by atoms with E-state index >= 15 is 0 Å². The molecule has 0 spiro atoms. The van der Waals surface area contributed by atoms with Crippen molar-refractivity contribution in [1.29, 1.82) is 0 Å². The Hall–Kier alpha value is -0.980. The Morgan fingerprint density at radius 2 is 1.94 bits per heavy atom. The van der Waals surface area contributed by atoms with Crippen molar-refractivity contribution in [3.05, 3.63) is 28.8 Å². The molecule has 0 fully saturated rings. The fourth-order valence-corrected chi connectivity index (χ4v) is 2.04. The minimum Gasteiger partial charge on any atom is -0.507 e. The van der Waals surface area contributed by atoms with Crippen molar-refractivity contribution in [2.24, 2.45) is 0 Å². The van der Waals surface area contributed by atoms with Crippen LogP contribution in [-0.2, 0) is 6.42 Å². The minimum atomic E-state index is 0.445. The second-order valence-corrected chi connectivity index (χ2v) is 4.77. The lowest BCUT2D eigenvalue weighted by Crippen LogP contribution is -1.97. The molecule has 0 saturated heterocycles. The second-order valence-electron chi connectivity index (χ2n) is 4.77. The van der Waals surface area contributed by atoms with Gasteiger partial charge in [0.05, 0.1) is 0 Å². The van der Waals surface area contributed by atoms with Gasteiger partial charge >= 0.3 is 0 Å². The van der Waals surface area contributed by atoms with E-state index in [0.717, 1.165) is 30.4 Å². The molecule has 0 aromatic heterocycles. The molecular formula is C15H24O. The van der Waals surface area contributed by atoms with Crippen LogP contribution < -0.4 is 0 Å². The van der Waals surface area contributed by atoms with Crippen molar-refractivity contribution in [1.82, 2.24) is 0 Å². The van der Waals surface area contributed by atoms with Crippen LogP contribution in [0.15, 0.2) is 12.1 Å². The van der Waals surface area contributed by atoms with Crippen molar-refractivity contribution in [2.45, 2.75) is 59.3 Å². The highest BCUT2D eigenvalue weighted by Gasteiger charge is 2.12. The molecule has 1 aromatic carbocycles. The van der Waals surface area contributed by atoms with Gasteiger partial charge in [0.25, 0.3) is 0 Å². The summed E-state index contributed by atoms with van der Waals surface area (Å²) in [4.78, 5) is 0. The summed E-state index contributed by atoms with van der Waals surface area (Å²) in [5.74, 6) is 0.980. The number of benzene rings is 1. The zero-order chi connectivity index (χ0) is 12.1. The van der Waals surface area contributed by atoms with Gasteiger partial charge in [-0.25, -0.2) is 0 Å². The number of rotatable bonds is 5. The highest BCUT2D eigenvalue weighted by molar-refractivity contribution is 5.45. The van der Waals surface area contributed by atoms with E-state index in [2.05, 4.69) is 39.8 Å². The first-order valence-corrected chi connectivity index (χ1v) is 6.42. The Balaban J connectivity index is 3.05. The maximum Gasteiger partial charge on any atom is 0.122 e. The molecule has 0 aliphatic rings. The van der Waals surface area contributed by atoms with E-state index in [1.54, 1.807) is 0 Å². The van der Waals surface area contributed by atoms with Gasteiger partial charge in [0.15, 0.2) is 0 Å². The van der Waals surface area contributed by atoms with E-state index in [4.69, 9.17) is 0 Å². The molecule has 0 amide bonds. The van der Waals surface area contributed by atoms with Gasteiger partial charge in [-0.1, -0.05) is 44.9 Å². The lowest BCUT2D eigenvalue weighted by molar-refractivity contribution is 0.453. The maximum absolute atomic E-state index is 10.2. The van der Waals surface area contributed by atoms with E-state index in [-0.39, 0.29) is 0 Å². The van der Waals surface area contributed by atoms with Crippen LogP contribution in [0.1, 0.15) is 62.6 Å².